The number of rotatable bonds is 5. The van der Waals surface area contributed by atoms with Crippen molar-refractivity contribution in [2.24, 2.45) is 5.92 Å². The van der Waals surface area contributed by atoms with Crippen molar-refractivity contribution in [3.8, 4) is 0 Å². The number of hydrogen-bond acceptors (Lipinski definition) is 4. The summed E-state index contributed by atoms with van der Waals surface area (Å²) in [5, 5.41) is 23.7. The fraction of sp³-hybridized carbons (Fsp3) is 0.769. The number of likely N-dealkylation sites (tertiary alicyclic amines) is 1. The molecule has 1 unspecified atom stereocenters. The number of carbonyl (C=O) groups excluding carboxylic acids is 2. The molecule has 1 aliphatic heterocycles. The summed E-state index contributed by atoms with van der Waals surface area (Å²) in [6.07, 6.45) is -0.863. The van der Waals surface area contributed by atoms with Gasteiger partial charge in [0.25, 0.3) is 0 Å². The molecule has 0 saturated carbocycles. The van der Waals surface area contributed by atoms with Crippen molar-refractivity contribution in [2.75, 3.05) is 13.1 Å². The third-order valence-electron chi connectivity index (χ3n) is 3.24. The third kappa shape index (κ3) is 4.89. The van der Waals surface area contributed by atoms with E-state index in [0.29, 0.717) is 12.5 Å². The van der Waals surface area contributed by atoms with Crippen LogP contribution in [0.3, 0.4) is 0 Å². The number of aliphatic hydroxyl groups excluding tert-OH is 1. The lowest BCUT2D eigenvalue weighted by atomic mass is 10.2. The molecule has 1 fully saturated rings. The third-order valence-corrected chi connectivity index (χ3v) is 3.24. The van der Waals surface area contributed by atoms with Crippen LogP contribution >= 0.6 is 0 Å². The molecule has 8 nitrogen and oxygen atoms in total. The predicted molar refractivity (Wildman–Crippen MR) is 74.6 cm³/mol. The highest BCUT2D eigenvalue weighted by atomic mass is 16.4. The minimum atomic E-state index is -1.17. The van der Waals surface area contributed by atoms with E-state index >= 15 is 0 Å². The van der Waals surface area contributed by atoms with Crippen molar-refractivity contribution in [1.29, 1.82) is 0 Å². The van der Waals surface area contributed by atoms with E-state index in [9.17, 15) is 19.5 Å². The van der Waals surface area contributed by atoms with Crippen LogP contribution in [0.5, 0.6) is 0 Å². The van der Waals surface area contributed by atoms with Gasteiger partial charge in [0.05, 0.1) is 6.10 Å². The number of β-amino-alcohol motifs (C(OH)–C–C–N with tert-alkyl or cyclic N) is 1. The zero-order valence-corrected chi connectivity index (χ0v) is 12.5. The van der Waals surface area contributed by atoms with Gasteiger partial charge in [-0.2, -0.15) is 0 Å². The lowest BCUT2D eigenvalue weighted by molar-refractivity contribution is -0.141. The highest BCUT2D eigenvalue weighted by Gasteiger charge is 2.39. The summed E-state index contributed by atoms with van der Waals surface area (Å²) in [5.74, 6) is -1.20. The minimum Gasteiger partial charge on any atom is -0.480 e. The van der Waals surface area contributed by atoms with Crippen LogP contribution in [0.15, 0.2) is 0 Å². The van der Waals surface area contributed by atoms with Crippen molar-refractivity contribution >= 4 is 17.9 Å². The van der Waals surface area contributed by atoms with Crippen LogP contribution in [-0.4, -0.2) is 64.3 Å². The zero-order valence-electron chi connectivity index (χ0n) is 12.5. The highest BCUT2D eigenvalue weighted by Crippen LogP contribution is 2.18. The number of nitrogens with one attached hydrogen (secondary N) is 2. The summed E-state index contributed by atoms with van der Waals surface area (Å²) in [6.45, 7) is 5.87. The molecule has 0 spiro atoms. The molecular weight excluding hydrogens is 278 g/mol. The molecule has 0 aromatic carbocycles. The molecule has 1 aliphatic rings. The molecular formula is C13H23N3O5. The van der Waals surface area contributed by atoms with E-state index in [1.807, 2.05) is 13.8 Å². The normalized spacial score (nSPS) is 23.0. The number of aliphatic carboxylic acids is 1. The maximum atomic E-state index is 12.0. The van der Waals surface area contributed by atoms with Crippen LogP contribution in [0.2, 0.25) is 0 Å². The summed E-state index contributed by atoms with van der Waals surface area (Å²) < 4.78 is 0. The molecule has 0 bridgehead atoms. The first-order valence-electron chi connectivity index (χ1n) is 6.98. The maximum Gasteiger partial charge on any atom is 0.326 e. The Morgan fingerprint density at radius 2 is 1.90 bits per heavy atom. The van der Waals surface area contributed by atoms with Crippen molar-refractivity contribution in [1.82, 2.24) is 15.5 Å². The lowest BCUT2D eigenvalue weighted by Gasteiger charge is -2.24. The molecule has 1 heterocycles. The molecule has 8 heteroatoms. The second kappa shape index (κ2) is 7.26. The van der Waals surface area contributed by atoms with Crippen molar-refractivity contribution < 1.29 is 24.6 Å². The van der Waals surface area contributed by atoms with Crippen LogP contribution in [0.4, 0.5) is 4.79 Å². The van der Waals surface area contributed by atoms with Crippen molar-refractivity contribution in [3.05, 3.63) is 0 Å². The van der Waals surface area contributed by atoms with E-state index in [4.69, 9.17) is 5.11 Å². The Kier molecular flexibility index (Phi) is 5.95. The van der Waals surface area contributed by atoms with E-state index in [2.05, 4.69) is 10.6 Å². The van der Waals surface area contributed by atoms with Gasteiger partial charge in [-0.05, 0) is 12.8 Å². The van der Waals surface area contributed by atoms with E-state index in [1.165, 1.54) is 6.92 Å². The molecule has 0 radical (unpaired) electrons. The van der Waals surface area contributed by atoms with E-state index < -0.39 is 30.2 Å². The van der Waals surface area contributed by atoms with Crippen LogP contribution in [0.1, 0.15) is 27.2 Å². The van der Waals surface area contributed by atoms with Crippen molar-refractivity contribution in [2.45, 2.75) is 45.4 Å². The summed E-state index contributed by atoms with van der Waals surface area (Å²) in [5.41, 5.74) is 0. The number of nitrogens with zero attached hydrogens (tertiary/aromatic N) is 1. The molecule has 3 atom stereocenters. The zero-order chi connectivity index (χ0) is 16.2. The molecule has 120 valence electrons. The van der Waals surface area contributed by atoms with Gasteiger partial charge in [-0.3, -0.25) is 4.79 Å². The number of aliphatic hydroxyl groups is 1. The number of amides is 3. The monoisotopic (exact) mass is 301 g/mol. The summed E-state index contributed by atoms with van der Waals surface area (Å²) >= 11 is 0. The van der Waals surface area contributed by atoms with Gasteiger partial charge in [-0.1, -0.05) is 13.8 Å². The van der Waals surface area contributed by atoms with Crippen LogP contribution < -0.4 is 10.6 Å². The average Bonchev–Trinajstić information content (AvgIpc) is 2.78. The van der Waals surface area contributed by atoms with Gasteiger partial charge < -0.3 is 25.7 Å². The molecule has 4 N–H and O–H groups in total. The van der Waals surface area contributed by atoms with Gasteiger partial charge in [-0.15, -0.1) is 0 Å². The average molecular weight is 301 g/mol. The number of urea groups is 1. The largest absolute Gasteiger partial charge is 0.480 e. The first kappa shape index (κ1) is 17.2. The van der Waals surface area contributed by atoms with E-state index in [-0.39, 0.29) is 18.9 Å². The second-order valence-corrected chi connectivity index (χ2v) is 5.71. The highest BCUT2D eigenvalue weighted by molar-refractivity contribution is 5.88. The lowest BCUT2D eigenvalue weighted by Crippen LogP contribution is -2.52. The SMILES string of the molecule is CC(C)CNC(=O)C(C)NC(=O)N1C[C@H](O)C[C@H]1C(=O)O. The van der Waals surface area contributed by atoms with Gasteiger partial charge in [0.15, 0.2) is 0 Å². The number of carbonyl (C=O) groups is 3. The molecule has 3 amide bonds. The summed E-state index contributed by atoms with van der Waals surface area (Å²) in [4.78, 5) is 35.9. The quantitative estimate of drug-likeness (QED) is 0.539. The fourth-order valence-electron chi connectivity index (χ4n) is 2.06. The topological polar surface area (TPSA) is 119 Å². The standard InChI is InChI=1S/C13H23N3O5/c1-7(2)5-14-11(18)8(3)15-13(21)16-6-9(17)4-10(16)12(19)20/h7-10,17H,4-6H2,1-3H3,(H,14,18)(H,15,21)(H,19,20)/t8?,9-,10+/m1/s1. The van der Waals surface area contributed by atoms with Gasteiger partial charge in [0, 0.05) is 19.5 Å². The Morgan fingerprint density at radius 1 is 1.29 bits per heavy atom. The first-order chi connectivity index (χ1) is 9.72. The van der Waals surface area contributed by atoms with E-state index in [0.717, 1.165) is 4.90 Å². The Hall–Kier alpha value is -1.83. The predicted octanol–water partition coefficient (Wildman–Crippen LogP) is -0.623. The number of carboxylic acids is 1. The Balaban J connectivity index is 2.55. The van der Waals surface area contributed by atoms with Gasteiger partial charge >= 0.3 is 12.0 Å². The Morgan fingerprint density at radius 3 is 2.43 bits per heavy atom. The van der Waals surface area contributed by atoms with Crippen LogP contribution in [-0.2, 0) is 9.59 Å². The Bertz CT molecular complexity index is 413. The molecule has 0 aromatic heterocycles. The molecule has 0 aromatic rings. The molecule has 1 saturated heterocycles. The summed E-state index contributed by atoms with van der Waals surface area (Å²) in [7, 11) is 0. The van der Waals surface area contributed by atoms with Gasteiger partial charge in [0.1, 0.15) is 12.1 Å². The smallest absolute Gasteiger partial charge is 0.326 e. The molecule has 1 rings (SSSR count). The van der Waals surface area contributed by atoms with Gasteiger partial charge in [-0.25, -0.2) is 9.59 Å². The number of hydrogen-bond donors (Lipinski definition) is 4. The second-order valence-electron chi connectivity index (χ2n) is 5.71. The van der Waals surface area contributed by atoms with E-state index in [1.54, 1.807) is 0 Å². The maximum absolute atomic E-state index is 12.0. The Labute approximate surface area is 123 Å². The van der Waals surface area contributed by atoms with Crippen LogP contribution in [0.25, 0.3) is 0 Å². The fourth-order valence-corrected chi connectivity index (χ4v) is 2.06. The van der Waals surface area contributed by atoms with Crippen molar-refractivity contribution in [3.63, 3.8) is 0 Å². The minimum absolute atomic E-state index is 0.00329. The number of carboxylic acid groups (broad SMARTS) is 1. The molecule has 0 aliphatic carbocycles. The first-order valence-corrected chi connectivity index (χ1v) is 6.98. The van der Waals surface area contributed by atoms with Gasteiger partial charge in [0.2, 0.25) is 5.91 Å². The van der Waals surface area contributed by atoms with Crippen LogP contribution in [0, 0.1) is 5.92 Å². The summed E-state index contributed by atoms with van der Waals surface area (Å²) in [6, 6.07) is -2.50. The molecule has 21 heavy (non-hydrogen) atoms.